The van der Waals surface area contributed by atoms with E-state index < -0.39 is 0 Å². The molecule has 2 aliphatic rings. The van der Waals surface area contributed by atoms with E-state index in [1.54, 1.807) is 6.08 Å². The maximum atomic E-state index is 4.87. The van der Waals surface area contributed by atoms with Crippen molar-refractivity contribution in [1.29, 1.82) is 0 Å². The number of aliphatic imine (C=N–C) groups is 1. The average Bonchev–Trinajstić information content (AvgIpc) is 2.69. The standard InChI is InChI=1S/C24H30N2/c1-6-9-13-21(7-2)23(8-3)25-24-18-22(15-14-19(24)4)20(5)26-16-11-10-12-17-26/h6-9,13-15,18H,1,4-5,10-12,16-17H2,2-3H3/b13-9-,21-7+,23-8-,25-24?. The lowest BCUT2D eigenvalue weighted by atomic mass is 9.98. The van der Waals surface area contributed by atoms with Crippen LogP contribution in [0.5, 0.6) is 0 Å². The Morgan fingerprint density at radius 2 is 1.85 bits per heavy atom. The highest BCUT2D eigenvalue weighted by Gasteiger charge is 2.17. The van der Waals surface area contributed by atoms with E-state index in [-0.39, 0.29) is 0 Å². The van der Waals surface area contributed by atoms with Crippen LogP contribution >= 0.6 is 0 Å². The molecule has 1 heterocycles. The molecule has 0 radical (unpaired) electrons. The maximum absolute atomic E-state index is 4.87. The molecule has 2 rings (SSSR count). The van der Waals surface area contributed by atoms with E-state index in [0.29, 0.717) is 0 Å². The van der Waals surface area contributed by atoms with Crippen LogP contribution in [0.15, 0.2) is 101 Å². The van der Waals surface area contributed by atoms with E-state index in [1.165, 1.54) is 19.3 Å². The summed E-state index contributed by atoms with van der Waals surface area (Å²) in [5, 5.41) is 0. The summed E-state index contributed by atoms with van der Waals surface area (Å²) in [5.41, 5.74) is 6.00. The highest BCUT2D eigenvalue weighted by Crippen LogP contribution is 2.25. The molecule has 2 heteroatoms. The zero-order valence-electron chi connectivity index (χ0n) is 16.2. The van der Waals surface area contributed by atoms with Crippen LogP contribution < -0.4 is 0 Å². The van der Waals surface area contributed by atoms with Gasteiger partial charge in [-0.1, -0.05) is 62.3 Å². The fourth-order valence-electron chi connectivity index (χ4n) is 3.12. The Bertz CT molecular complexity index is 745. The van der Waals surface area contributed by atoms with Crippen LogP contribution in [-0.2, 0) is 0 Å². The van der Waals surface area contributed by atoms with Gasteiger partial charge in [0.25, 0.3) is 0 Å². The van der Waals surface area contributed by atoms with Gasteiger partial charge in [-0.05, 0) is 55.9 Å². The molecular weight excluding hydrogens is 316 g/mol. The highest BCUT2D eigenvalue weighted by molar-refractivity contribution is 6.12. The summed E-state index contributed by atoms with van der Waals surface area (Å²) in [6, 6.07) is 0. The SMILES string of the molecule is C=C\C=C/C(=C\C)C(=C/C)/N=C1C=C(C(=C)N2CCCCC2)C=CC1=C. The molecule has 0 amide bonds. The summed E-state index contributed by atoms with van der Waals surface area (Å²) in [6.07, 6.45) is 19.8. The van der Waals surface area contributed by atoms with Gasteiger partial charge < -0.3 is 4.90 Å². The first-order valence-corrected chi connectivity index (χ1v) is 9.34. The molecule has 0 bridgehead atoms. The molecule has 1 aliphatic heterocycles. The van der Waals surface area contributed by atoms with E-state index in [0.717, 1.165) is 46.9 Å². The summed E-state index contributed by atoms with van der Waals surface area (Å²) >= 11 is 0. The number of likely N-dealkylation sites (tertiary alicyclic amines) is 1. The molecular formula is C24H30N2. The molecule has 0 aromatic rings. The summed E-state index contributed by atoms with van der Waals surface area (Å²) in [4.78, 5) is 7.26. The van der Waals surface area contributed by atoms with Crippen LogP contribution in [0, 0.1) is 0 Å². The van der Waals surface area contributed by atoms with Crippen LogP contribution in [0.4, 0.5) is 0 Å². The second-order valence-electron chi connectivity index (χ2n) is 6.46. The van der Waals surface area contributed by atoms with Crippen LogP contribution in [0.3, 0.4) is 0 Å². The zero-order chi connectivity index (χ0) is 18.9. The molecule has 2 nitrogen and oxygen atoms in total. The second kappa shape index (κ2) is 9.76. The smallest absolute Gasteiger partial charge is 0.0710 e. The molecule has 0 aromatic heterocycles. The van der Waals surface area contributed by atoms with E-state index in [2.05, 4.69) is 42.9 Å². The summed E-state index contributed by atoms with van der Waals surface area (Å²) in [7, 11) is 0. The van der Waals surface area contributed by atoms with Gasteiger partial charge >= 0.3 is 0 Å². The molecule has 0 atom stereocenters. The number of rotatable bonds is 6. The topological polar surface area (TPSA) is 15.6 Å². The predicted molar refractivity (Wildman–Crippen MR) is 115 cm³/mol. The van der Waals surface area contributed by atoms with E-state index in [4.69, 9.17) is 4.99 Å². The summed E-state index contributed by atoms with van der Waals surface area (Å²) in [6.45, 7) is 18.4. The van der Waals surface area contributed by atoms with Gasteiger partial charge in [-0.15, -0.1) is 0 Å². The van der Waals surface area contributed by atoms with Gasteiger partial charge in [-0.25, -0.2) is 4.99 Å². The Labute approximate surface area is 158 Å². The minimum absolute atomic E-state index is 0.889. The zero-order valence-corrected chi connectivity index (χ0v) is 16.2. The summed E-state index contributed by atoms with van der Waals surface area (Å²) in [5.74, 6) is 0. The molecule has 136 valence electrons. The number of hydrogen-bond donors (Lipinski definition) is 0. The van der Waals surface area contributed by atoms with Crippen molar-refractivity contribution in [3.05, 3.63) is 96.5 Å². The monoisotopic (exact) mass is 346 g/mol. The fraction of sp³-hybridized carbons (Fsp3) is 0.292. The Balaban J connectivity index is 2.29. The van der Waals surface area contributed by atoms with Gasteiger partial charge in [0.05, 0.1) is 11.4 Å². The van der Waals surface area contributed by atoms with Crippen molar-refractivity contribution in [2.75, 3.05) is 13.1 Å². The molecule has 1 fully saturated rings. The van der Waals surface area contributed by atoms with Gasteiger partial charge in [0.2, 0.25) is 0 Å². The van der Waals surface area contributed by atoms with Crippen LogP contribution in [0.2, 0.25) is 0 Å². The third-order valence-corrected chi connectivity index (χ3v) is 4.69. The molecule has 0 aromatic carbocycles. The minimum atomic E-state index is 0.889. The molecule has 1 saturated heterocycles. The third kappa shape index (κ3) is 4.95. The van der Waals surface area contributed by atoms with Crippen molar-refractivity contribution in [3.8, 4) is 0 Å². The van der Waals surface area contributed by atoms with Crippen LogP contribution in [-0.4, -0.2) is 23.7 Å². The van der Waals surface area contributed by atoms with E-state index >= 15 is 0 Å². The molecule has 0 spiro atoms. The second-order valence-corrected chi connectivity index (χ2v) is 6.46. The van der Waals surface area contributed by atoms with Crippen molar-refractivity contribution < 1.29 is 0 Å². The first-order chi connectivity index (χ1) is 12.6. The van der Waals surface area contributed by atoms with Crippen molar-refractivity contribution in [2.45, 2.75) is 33.1 Å². The first kappa shape index (κ1) is 19.7. The predicted octanol–water partition coefficient (Wildman–Crippen LogP) is 6.07. The third-order valence-electron chi connectivity index (χ3n) is 4.69. The minimum Gasteiger partial charge on any atom is -0.372 e. The lowest BCUT2D eigenvalue weighted by Crippen LogP contribution is -2.29. The average molecular weight is 347 g/mol. The van der Waals surface area contributed by atoms with Crippen molar-refractivity contribution >= 4 is 5.71 Å². The van der Waals surface area contributed by atoms with Crippen LogP contribution in [0.25, 0.3) is 0 Å². The van der Waals surface area contributed by atoms with Gasteiger partial charge in [0.15, 0.2) is 0 Å². The quantitative estimate of drug-likeness (QED) is 0.533. The lowest BCUT2D eigenvalue weighted by molar-refractivity contribution is 0.292. The number of piperidine rings is 1. The Morgan fingerprint density at radius 3 is 2.46 bits per heavy atom. The van der Waals surface area contributed by atoms with Crippen molar-refractivity contribution in [2.24, 2.45) is 4.99 Å². The Morgan fingerprint density at radius 1 is 1.12 bits per heavy atom. The number of hydrogen-bond acceptors (Lipinski definition) is 2. The molecule has 0 unspecified atom stereocenters. The molecule has 0 N–H and O–H groups in total. The number of nitrogens with zero attached hydrogens (tertiary/aromatic N) is 2. The fourth-order valence-corrected chi connectivity index (χ4v) is 3.12. The van der Waals surface area contributed by atoms with E-state index in [1.807, 2.05) is 38.2 Å². The molecule has 26 heavy (non-hydrogen) atoms. The van der Waals surface area contributed by atoms with Gasteiger partial charge in [-0.3, -0.25) is 0 Å². The largest absolute Gasteiger partial charge is 0.372 e. The van der Waals surface area contributed by atoms with Crippen LogP contribution in [0.1, 0.15) is 33.1 Å². The normalized spacial score (nSPS) is 20.7. The molecule has 1 aliphatic carbocycles. The van der Waals surface area contributed by atoms with Gasteiger partial charge in [0.1, 0.15) is 0 Å². The Kier molecular flexibility index (Phi) is 7.40. The molecule has 0 saturated carbocycles. The first-order valence-electron chi connectivity index (χ1n) is 9.34. The van der Waals surface area contributed by atoms with Crippen molar-refractivity contribution in [1.82, 2.24) is 4.90 Å². The lowest BCUT2D eigenvalue weighted by Gasteiger charge is -2.31. The van der Waals surface area contributed by atoms with Gasteiger partial charge in [-0.2, -0.15) is 0 Å². The van der Waals surface area contributed by atoms with Crippen molar-refractivity contribution in [3.63, 3.8) is 0 Å². The summed E-state index contributed by atoms with van der Waals surface area (Å²) < 4.78 is 0. The highest BCUT2D eigenvalue weighted by atomic mass is 15.1. The maximum Gasteiger partial charge on any atom is 0.0710 e. The Hall–Kier alpha value is -2.61. The van der Waals surface area contributed by atoms with Gasteiger partial charge in [0, 0.05) is 18.8 Å². The number of allylic oxidation sites excluding steroid dienone is 9. The van der Waals surface area contributed by atoms with E-state index in [9.17, 15) is 0 Å².